The maximum Gasteiger partial charge on any atom is 0.0681 e. The van der Waals surface area contributed by atoms with Crippen LogP contribution < -0.4 is 11.5 Å². The lowest BCUT2D eigenvalue weighted by atomic mass is 9.72. The van der Waals surface area contributed by atoms with Gasteiger partial charge in [0.15, 0.2) is 0 Å². The van der Waals surface area contributed by atoms with Gasteiger partial charge in [-0.15, -0.1) is 0 Å². The van der Waals surface area contributed by atoms with Crippen molar-refractivity contribution in [3.63, 3.8) is 0 Å². The molecule has 108 valence electrons. The van der Waals surface area contributed by atoms with Crippen molar-refractivity contribution in [2.24, 2.45) is 11.7 Å². The van der Waals surface area contributed by atoms with Crippen LogP contribution in [0.2, 0.25) is 5.02 Å². The minimum absolute atomic E-state index is 0.0531. The smallest absolute Gasteiger partial charge is 0.0681 e. The Morgan fingerprint density at radius 1 is 1.20 bits per heavy atom. The number of hydrogen-bond donors (Lipinski definition) is 2. The number of nitrogen functional groups attached to an aromatic ring is 1. The van der Waals surface area contributed by atoms with Gasteiger partial charge in [-0.1, -0.05) is 36.2 Å². The highest BCUT2D eigenvalue weighted by Crippen LogP contribution is 2.45. The van der Waals surface area contributed by atoms with Gasteiger partial charge in [0.2, 0.25) is 0 Å². The van der Waals surface area contributed by atoms with E-state index >= 15 is 0 Å². The van der Waals surface area contributed by atoms with Crippen molar-refractivity contribution in [2.75, 3.05) is 5.73 Å². The first-order valence-electron chi connectivity index (χ1n) is 6.60. The fraction of sp³-hybridized carbons (Fsp3) is 0.375. The summed E-state index contributed by atoms with van der Waals surface area (Å²) in [6.07, 6.45) is 3.78. The van der Waals surface area contributed by atoms with Gasteiger partial charge in [-0.3, -0.25) is 0 Å². The normalized spacial score (nSPS) is 26.2. The van der Waals surface area contributed by atoms with Gasteiger partial charge in [-0.05, 0) is 49.6 Å². The number of allylic oxidation sites excluding steroid dienone is 2. The molecule has 2 rings (SSSR count). The fourth-order valence-corrected chi connectivity index (χ4v) is 3.36. The number of halogens is 2. The lowest BCUT2D eigenvalue weighted by Crippen LogP contribution is -2.44. The summed E-state index contributed by atoms with van der Waals surface area (Å²) in [5.74, 6) is 0.0531. The molecule has 2 atom stereocenters. The van der Waals surface area contributed by atoms with E-state index in [2.05, 4.69) is 6.92 Å². The Morgan fingerprint density at radius 3 is 2.40 bits per heavy atom. The van der Waals surface area contributed by atoms with E-state index in [1.54, 1.807) is 0 Å². The molecule has 0 bridgehead atoms. The Balaban J connectivity index is 2.72. The number of rotatable bonds is 1. The Bertz CT molecular complexity index is 606. The third kappa shape index (κ3) is 2.16. The molecule has 0 spiro atoms. The molecular weight excluding hydrogens is 291 g/mol. The summed E-state index contributed by atoms with van der Waals surface area (Å²) in [6, 6.07) is 1.89. The Hall–Kier alpha value is -0.960. The van der Waals surface area contributed by atoms with Crippen molar-refractivity contribution in [2.45, 2.75) is 33.2 Å². The van der Waals surface area contributed by atoms with Crippen LogP contribution in [0.1, 0.15) is 30.5 Å². The van der Waals surface area contributed by atoms with Gasteiger partial charge in [0.25, 0.3) is 0 Å². The van der Waals surface area contributed by atoms with E-state index in [-0.39, 0.29) is 5.92 Å². The topological polar surface area (TPSA) is 52.0 Å². The van der Waals surface area contributed by atoms with Crippen molar-refractivity contribution < 1.29 is 0 Å². The van der Waals surface area contributed by atoms with E-state index in [4.69, 9.17) is 34.7 Å². The summed E-state index contributed by atoms with van der Waals surface area (Å²) in [5.41, 5.74) is 16.6. The van der Waals surface area contributed by atoms with Gasteiger partial charge < -0.3 is 11.5 Å². The summed E-state index contributed by atoms with van der Waals surface area (Å²) in [7, 11) is 0. The Kier molecular flexibility index (Phi) is 3.94. The molecule has 1 aromatic carbocycles. The van der Waals surface area contributed by atoms with Gasteiger partial charge in [0.1, 0.15) is 0 Å². The molecule has 20 heavy (non-hydrogen) atoms. The molecule has 0 aliphatic heterocycles. The van der Waals surface area contributed by atoms with Gasteiger partial charge in [0, 0.05) is 27.2 Å². The van der Waals surface area contributed by atoms with Gasteiger partial charge in [-0.2, -0.15) is 0 Å². The quantitative estimate of drug-likeness (QED) is 0.755. The number of nitrogens with two attached hydrogens (primary N) is 2. The monoisotopic (exact) mass is 310 g/mol. The predicted molar refractivity (Wildman–Crippen MR) is 88.1 cm³/mol. The van der Waals surface area contributed by atoms with Crippen molar-refractivity contribution in [1.82, 2.24) is 0 Å². The number of benzene rings is 1. The standard InChI is InChI=1S/C16H20Cl2N2/c1-8-7-13(19)10(3)14(15(8)18)16(20)6-5-12(17)9(2)11(16)4/h5-7,11H,19-20H2,1-4H3. The molecule has 4 heteroatoms. The van der Waals surface area contributed by atoms with Crippen molar-refractivity contribution in [1.29, 1.82) is 0 Å². The average molecular weight is 311 g/mol. The minimum atomic E-state index is -0.691. The molecule has 0 saturated carbocycles. The molecule has 1 aliphatic carbocycles. The molecule has 0 fully saturated rings. The molecule has 4 N–H and O–H groups in total. The minimum Gasteiger partial charge on any atom is -0.398 e. The van der Waals surface area contributed by atoms with Crippen LogP contribution in [0.15, 0.2) is 28.8 Å². The van der Waals surface area contributed by atoms with Crippen LogP contribution in [0.4, 0.5) is 5.69 Å². The molecule has 0 radical (unpaired) electrons. The zero-order chi connectivity index (χ0) is 15.2. The Morgan fingerprint density at radius 2 is 1.80 bits per heavy atom. The van der Waals surface area contributed by atoms with E-state index in [0.29, 0.717) is 10.7 Å². The highest BCUT2D eigenvalue weighted by Gasteiger charge is 2.38. The van der Waals surface area contributed by atoms with E-state index in [1.807, 2.05) is 39.0 Å². The molecule has 2 nitrogen and oxygen atoms in total. The van der Waals surface area contributed by atoms with Gasteiger partial charge >= 0.3 is 0 Å². The van der Waals surface area contributed by atoms with E-state index in [9.17, 15) is 0 Å². The summed E-state index contributed by atoms with van der Waals surface area (Å²) < 4.78 is 0. The number of anilines is 1. The second-order valence-corrected chi connectivity index (χ2v) is 6.40. The third-order valence-electron chi connectivity index (χ3n) is 4.43. The lowest BCUT2D eigenvalue weighted by Gasteiger charge is -2.39. The van der Waals surface area contributed by atoms with Gasteiger partial charge in [-0.25, -0.2) is 0 Å². The van der Waals surface area contributed by atoms with Crippen LogP contribution in [-0.4, -0.2) is 0 Å². The van der Waals surface area contributed by atoms with Crippen LogP contribution in [0.5, 0.6) is 0 Å². The highest BCUT2D eigenvalue weighted by atomic mass is 35.5. The molecular formula is C16H20Cl2N2. The molecule has 0 heterocycles. The number of hydrogen-bond acceptors (Lipinski definition) is 2. The lowest BCUT2D eigenvalue weighted by molar-refractivity contribution is 0.410. The molecule has 1 aliphatic rings. The molecule has 0 aromatic heterocycles. The molecule has 1 aromatic rings. The summed E-state index contributed by atoms with van der Waals surface area (Å²) in [4.78, 5) is 0. The van der Waals surface area contributed by atoms with Crippen LogP contribution in [-0.2, 0) is 5.54 Å². The zero-order valence-electron chi connectivity index (χ0n) is 12.2. The van der Waals surface area contributed by atoms with E-state index < -0.39 is 5.54 Å². The zero-order valence-corrected chi connectivity index (χ0v) is 13.7. The number of aryl methyl sites for hydroxylation is 1. The first-order chi connectivity index (χ1) is 9.20. The molecule has 0 amide bonds. The maximum absolute atomic E-state index is 6.70. The predicted octanol–water partition coefficient (Wildman–Crippen LogP) is 4.41. The van der Waals surface area contributed by atoms with E-state index in [1.165, 1.54) is 0 Å². The maximum atomic E-state index is 6.70. The third-order valence-corrected chi connectivity index (χ3v) is 5.34. The fourth-order valence-electron chi connectivity index (χ4n) is 2.78. The van der Waals surface area contributed by atoms with Crippen LogP contribution in [0.3, 0.4) is 0 Å². The summed E-state index contributed by atoms with van der Waals surface area (Å²) in [6.45, 7) is 7.97. The average Bonchev–Trinajstić information content (AvgIpc) is 2.39. The summed E-state index contributed by atoms with van der Waals surface area (Å²) in [5, 5.41) is 1.43. The second-order valence-electron chi connectivity index (χ2n) is 5.62. The van der Waals surface area contributed by atoms with Crippen LogP contribution in [0, 0.1) is 19.8 Å². The highest BCUT2D eigenvalue weighted by molar-refractivity contribution is 6.33. The Labute approximate surface area is 130 Å². The summed E-state index contributed by atoms with van der Waals surface area (Å²) >= 11 is 12.7. The first kappa shape index (κ1) is 15.4. The van der Waals surface area contributed by atoms with Crippen molar-refractivity contribution in [3.8, 4) is 0 Å². The van der Waals surface area contributed by atoms with Crippen molar-refractivity contribution in [3.05, 3.63) is 50.5 Å². The van der Waals surface area contributed by atoms with E-state index in [0.717, 1.165) is 27.3 Å². The van der Waals surface area contributed by atoms with Gasteiger partial charge in [0.05, 0.1) is 5.54 Å². The largest absolute Gasteiger partial charge is 0.398 e. The molecule has 2 unspecified atom stereocenters. The SMILES string of the molecule is CC1=C(Cl)C=CC(N)(c2c(C)c(N)cc(C)c2Cl)C1C. The first-order valence-corrected chi connectivity index (χ1v) is 7.35. The molecule has 0 saturated heterocycles. The van der Waals surface area contributed by atoms with Crippen molar-refractivity contribution >= 4 is 28.9 Å². The van der Waals surface area contributed by atoms with Crippen LogP contribution in [0.25, 0.3) is 0 Å². The second kappa shape index (κ2) is 5.10. The van der Waals surface area contributed by atoms with Crippen LogP contribution >= 0.6 is 23.2 Å².